The molecule has 2 heteroatoms. The van der Waals surface area contributed by atoms with Crippen LogP contribution in [0, 0.1) is 0 Å². The van der Waals surface area contributed by atoms with Crippen molar-refractivity contribution in [2.24, 2.45) is 0 Å². The van der Waals surface area contributed by atoms with Crippen molar-refractivity contribution < 1.29 is 0 Å². The molecule has 2 aliphatic rings. The molecular weight excluding hydrogens is 232 g/mol. The highest BCUT2D eigenvalue weighted by Crippen LogP contribution is 2.43. The molecule has 1 aliphatic carbocycles. The van der Waals surface area contributed by atoms with Gasteiger partial charge in [-0.15, -0.1) is 0 Å². The molecule has 4 rings (SSSR count). The Balaban J connectivity index is 1.81. The average molecular weight is 254 g/mol. The maximum atomic E-state index is 3.46. The molecule has 2 nitrogen and oxygen atoms in total. The summed E-state index contributed by atoms with van der Waals surface area (Å²) in [6.07, 6.45) is 7.48. The molecule has 1 fully saturated rings. The van der Waals surface area contributed by atoms with Crippen molar-refractivity contribution in [3.63, 3.8) is 0 Å². The Morgan fingerprint density at radius 3 is 3.21 bits per heavy atom. The van der Waals surface area contributed by atoms with E-state index in [1.54, 1.807) is 5.56 Å². The van der Waals surface area contributed by atoms with E-state index in [0.717, 1.165) is 12.0 Å². The molecule has 0 bridgehead atoms. The number of nitrogens with one attached hydrogen (secondary N) is 1. The monoisotopic (exact) mass is 254 g/mol. The standard InChI is InChI=1S/C17H22N2/c1-2-8-19-9-4-6-13-14-5-3-7-15-17(14)12(11-18-15)10-16(13)19/h3,5,7,11,13,16,18H,2,4,6,8-10H2,1H3/t13?,16-/m1/s1. The van der Waals surface area contributed by atoms with Gasteiger partial charge in [-0.25, -0.2) is 0 Å². The van der Waals surface area contributed by atoms with Gasteiger partial charge < -0.3 is 4.98 Å². The predicted octanol–water partition coefficient (Wildman–Crippen LogP) is 3.68. The first-order chi connectivity index (χ1) is 9.38. The quantitative estimate of drug-likeness (QED) is 0.866. The minimum Gasteiger partial charge on any atom is -0.361 e. The van der Waals surface area contributed by atoms with Crippen LogP contribution in [0.1, 0.15) is 43.2 Å². The van der Waals surface area contributed by atoms with Gasteiger partial charge in [-0.2, -0.15) is 0 Å². The van der Waals surface area contributed by atoms with Crippen molar-refractivity contribution in [2.45, 2.75) is 44.6 Å². The number of likely N-dealkylation sites (tertiary alicyclic amines) is 1. The first kappa shape index (κ1) is 11.5. The number of fused-ring (bicyclic) bond motifs is 2. The number of piperidine rings is 1. The number of rotatable bonds is 2. The Hall–Kier alpha value is -1.28. The second-order valence-corrected chi connectivity index (χ2v) is 6.14. The normalized spacial score (nSPS) is 26.6. The number of aromatic nitrogens is 1. The zero-order valence-corrected chi connectivity index (χ0v) is 11.7. The Labute approximate surface area is 114 Å². The van der Waals surface area contributed by atoms with Crippen molar-refractivity contribution in [1.82, 2.24) is 9.88 Å². The first-order valence-corrected chi connectivity index (χ1v) is 7.71. The fourth-order valence-corrected chi connectivity index (χ4v) is 4.31. The summed E-state index contributed by atoms with van der Waals surface area (Å²) in [5.41, 5.74) is 4.47. The van der Waals surface area contributed by atoms with Gasteiger partial charge in [0.25, 0.3) is 0 Å². The molecule has 1 aromatic heterocycles. The molecule has 2 heterocycles. The molecule has 0 saturated carbocycles. The van der Waals surface area contributed by atoms with E-state index in [1.807, 2.05) is 0 Å². The van der Waals surface area contributed by atoms with Crippen LogP contribution in [0.25, 0.3) is 10.9 Å². The van der Waals surface area contributed by atoms with Crippen LogP contribution < -0.4 is 0 Å². The molecule has 0 amide bonds. The zero-order valence-electron chi connectivity index (χ0n) is 11.7. The van der Waals surface area contributed by atoms with E-state index in [-0.39, 0.29) is 0 Å². The molecule has 19 heavy (non-hydrogen) atoms. The van der Waals surface area contributed by atoms with Crippen molar-refractivity contribution in [3.05, 3.63) is 35.5 Å². The van der Waals surface area contributed by atoms with Crippen LogP contribution in [0.15, 0.2) is 24.4 Å². The highest BCUT2D eigenvalue weighted by atomic mass is 15.2. The van der Waals surface area contributed by atoms with Gasteiger partial charge in [-0.3, -0.25) is 4.90 Å². The van der Waals surface area contributed by atoms with Gasteiger partial charge >= 0.3 is 0 Å². The molecule has 100 valence electrons. The van der Waals surface area contributed by atoms with Gasteiger partial charge in [-0.1, -0.05) is 19.1 Å². The SMILES string of the molecule is CCCN1CCCC2c3cccc4[nH]cc(c34)C[C@H]21. The van der Waals surface area contributed by atoms with Gasteiger partial charge in [0.15, 0.2) is 0 Å². The van der Waals surface area contributed by atoms with Crippen molar-refractivity contribution in [3.8, 4) is 0 Å². The van der Waals surface area contributed by atoms with Crippen LogP contribution in [-0.4, -0.2) is 29.0 Å². The highest BCUT2D eigenvalue weighted by molar-refractivity contribution is 5.88. The summed E-state index contributed by atoms with van der Waals surface area (Å²) >= 11 is 0. The van der Waals surface area contributed by atoms with E-state index >= 15 is 0 Å². The summed E-state index contributed by atoms with van der Waals surface area (Å²) in [4.78, 5) is 6.20. The van der Waals surface area contributed by atoms with E-state index in [4.69, 9.17) is 0 Å². The van der Waals surface area contributed by atoms with E-state index < -0.39 is 0 Å². The Morgan fingerprint density at radius 1 is 1.37 bits per heavy atom. The van der Waals surface area contributed by atoms with Crippen LogP contribution >= 0.6 is 0 Å². The lowest BCUT2D eigenvalue weighted by atomic mass is 9.75. The summed E-state index contributed by atoms with van der Waals surface area (Å²) < 4.78 is 0. The third-order valence-corrected chi connectivity index (χ3v) is 5.05. The number of hydrogen-bond donors (Lipinski definition) is 1. The largest absolute Gasteiger partial charge is 0.361 e. The third-order valence-electron chi connectivity index (χ3n) is 5.05. The number of nitrogens with zero attached hydrogens (tertiary/aromatic N) is 1. The van der Waals surface area contributed by atoms with Gasteiger partial charge in [0, 0.05) is 29.1 Å². The van der Waals surface area contributed by atoms with Gasteiger partial charge in [-0.05, 0) is 56.0 Å². The van der Waals surface area contributed by atoms with Crippen LogP contribution in [-0.2, 0) is 6.42 Å². The Bertz CT molecular complexity index is 596. The molecule has 0 radical (unpaired) electrons. The lowest BCUT2D eigenvalue weighted by molar-refractivity contribution is 0.124. The summed E-state index contributed by atoms with van der Waals surface area (Å²) in [5, 5.41) is 1.53. The van der Waals surface area contributed by atoms with Crippen LogP contribution in [0.4, 0.5) is 0 Å². The van der Waals surface area contributed by atoms with Gasteiger partial charge in [0.05, 0.1) is 0 Å². The fraction of sp³-hybridized carbons (Fsp3) is 0.529. The third kappa shape index (κ3) is 1.66. The molecule has 0 spiro atoms. The average Bonchev–Trinajstić information content (AvgIpc) is 2.85. The minimum absolute atomic E-state index is 0.739. The van der Waals surface area contributed by atoms with E-state index in [1.165, 1.54) is 55.2 Å². The number of aromatic amines is 1. The topological polar surface area (TPSA) is 19.0 Å². The first-order valence-electron chi connectivity index (χ1n) is 7.71. The van der Waals surface area contributed by atoms with Crippen LogP contribution in [0.3, 0.4) is 0 Å². The zero-order chi connectivity index (χ0) is 12.8. The molecule has 1 aromatic carbocycles. The molecule has 1 saturated heterocycles. The van der Waals surface area contributed by atoms with Gasteiger partial charge in [0.1, 0.15) is 0 Å². The molecule has 2 aromatic rings. The van der Waals surface area contributed by atoms with E-state index in [9.17, 15) is 0 Å². The van der Waals surface area contributed by atoms with Gasteiger partial charge in [0.2, 0.25) is 0 Å². The van der Waals surface area contributed by atoms with E-state index in [0.29, 0.717) is 0 Å². The van der Waals surface area contributed by atoms with Crippen molar-refractivity contribution in [2.75, 3.05) is 13.1 Å². The second-order valence-electron chi connectivity index (χ2n) is 6.14. The second kappa shape index (κ2) is 4.38. The van der Waals surface area contributed by atoms with Crippen molar-refractivity contribution >= 4 is 10.9 Å². The summed E-state index contributed by atoms with van der Waals surface area (Å²) in [6, 6.07) is 7.54. The predicted molar refractivity (Wildman–Crippen MR) is 79.6 cm³/mol. The van der Waals surface area contributed by atoms with E-state index in [2.05, 4.69) is 41.2 Å². The smallest absolute Gasteiger partial charge is 0.0459 e. The Kier molecular flexibility index (Phi) is 2.66. The maximum absolute atomic E-state index is 3.46. The lowest BCUT2D eigenvalue weighted by Gasteiger charge is -2.44. The van der Waals surface area contributed by atoms with Crippen LogP contribution in [0.5, 0.6) is 0 Å². The highest BCUT2D eigenvalue weighted by Gasteiger charge is 2.36. The fourth-order valence-electron chi connectivity index (χ4n) is 4.31. The summed E-state index contributed by atoms with van der Waals surface area (Å²) in [6.45, 7) is 4.86. The Morgan fingerprint density at radius 2 is 2.32 bits per heavy atom. The van der Waals surface area contributed by atoms with Crippen molar-refractivity contribution in [1.29, 1.82) is 0 Å². The molecular formula is C17H22N2. The summed E-state index contributed by atoms with van der Waals surface area (Å²) in [5.74, 6) is 0.757. The summed E-state index contributed by atoms with van der Waals surface area (Å²) in [7, 11) is 0. The number of benzene rings is 1. The molecule has 1 N–H and O–H groups in total. The molecule has 1 aliphatic heterocycles. The number of H-pyrrole nitrogens is 1. The lowest BCUT2D eigenvalue weighted by Crippen LogP contribution is -2.46. The number of hydrogen-bond acceptors (Lipinski definition) is 1. The molecule has 2 atom stereocenters. The van der Waals surface area contributed by atoms with Crippen LogP contribution in [0.2, 0.25) is 0 Å². The minimum atomic E-state index is 0.739. The maximum Gasteiger partial charge on any atom is 0.0459 e. The molecule has 1 unspecified atom stereocenters.